The first-order chi connectivity index (χ1) is 7.99. The molecule has 5 heteroatoms. The molecule has 0 spiro atoms. The normalized spacial score (nSPS) is 15.5. The SMILES string of the molecule is Cc1cc(C(=O)N2CC(C(=O)O)C2)ccc1Br. The number of aryl methyl sites for hydroxylation is 1. The third kappa shape index (κ3) is 2.34. The minimum Gasteiger partial charge on any atom is -0.481 e. The predicted molar refractivity (Wildman–Crippen MR) is 65.9 cm³/mol. The van der Waals surface area contributed by atoms with Crippen LogP contribution in [0.1, 0.15) is 15.9 Å². The van der Waals surface area contributed by atoms with Crippen LogP contribution in [0.4, 0.5) is 0 Å². The molecule has 1 saturated heterocycles. The lowest BCUT2D eigenvalue weighted by atomic mass is 9.99. The maximum atomic E-state index is 12.0. The van der Waals surface area contributed by atoms with E-state index in [0.717, 1.165) is 10.0 Å². The Kier molecular flexibility index (Phi) is 3.19. The number of likely N-dealkylation sites (tertiary alicyclic amines) is 1. The number of carbonyl (C=O) groups is 2. The first-order valence-corrected chi connectivity index (χ1v) is 6.06. The Labute approximate surface area is 107 Å². The Morgan fingerprint density at radius 3 is 2.59 bits per heavy atom. The minimum atomic E-state index is -0.832. The lowest BCUT2D eigenvalue weighted by Gasteiger charge is -2.36. The van der Waals surface area contributed by atoms with E-state index in [4.69, 9.17) is 5.11 Å². The molecule has 1 aromatic rings. The zero-order valence-electron chi connectivity index (χ0n) is 9.31. The Balaban J connectivity index is 2.06. The molecule has 0 unspecified atom stereocenters. The van der Waals surface area contributed by atoms with E-state index >= 15 is 0 Å². The van der Waals surface area contributed by atoms with E-state index in [1.165, 1.54) is 0 Å². The van der Waals surface area contributed by atoms with Gasteiger partial charge < -0.3 is 10.0 Å². The van der Waals surface area contributed by atoms with Crippen molar-refractivity contribution in [2.24, 2.45) is 5.92 Å². The fourth-order valence-corrected chi connectivity index (χ4v) is 2.01. The van der Waals surface area contributed by atoms with Gasteiger partial charge in [0.25, 0.3) is 5.91 Å². The Morgan fingerprint density at radius 2 is 2.06 bits per heavy atom. The van der Waals surface area contributed by atoms with Crippen molar-refractivity contribution in [2.75, 3.05) is 13.1 Å². The van der Waals surface area contributed by atoms with Crippen LogP contribution in [0.5, 0.6) is 0 Å². The lowest BCUT2D eigenvalue weighted by molar-refractivity contribution is -0.146. The molecule has 1 N–H and O–H groups in total. The number of benzene rings is 1. The molecule has 1 fully saturated rings. The predicted octanol–water partition coefficient (Wildman–Crippen LogP) is 1.91. The van der Waals surface area contributed by atoms with E-state index in [9.17, 15) is 9.59 Å². The first-order valence-electron chi connectivity index (χ1n) is 5.27. The maximum Gasteiger partial charge on any atom is 0.310 e. The molecule has 1 amide bonds. The highest BCUT2D eigenvalue weighted by Crippen LogP contribution is 2.22. The zero-order valence-corrected chi connectivity index (χ0v) is 10.9. The van der Waals surface area contributed by atoms with Gasteiger partial charge in [0.05, 0.1) is 5.92 Å². The van der Waals surface area contributed by atoms with Gasteiger partial charge >= 0.3 is 5.97 Å². The van der Waals surface area contributed by atoms with Crippen LogP contribution in [0.3, 0.4) is 0 Å². The quantitative estimate of drug-likeness (QED) is 0.907. The van der Waals surface area contributed by atoms with Crippen molar-refractivity contribution < 1.29 is 14.7 Å². The number of halogens is 1. The summed E-state index contributed by atoms with van der Waals surface area (Å²) in [6, 6.07) is 5.38. The zero-order chi connectivity index (χ0) is 12.6. The number of carboxylic acid groups (broad SMARTS) is 1. The van der Waals surface area contributed by atoms with E-state index in [0.29, 0.717) is 18.7 Å². The van der Waals surface area contributed by atoms with Crippen LogP contribution < -0.4 is 0 Å². The van der Waals surface area contributed by atoms with Crippen molar-refractivity contribution in [1.29, 1.82) is 0 Å². The van der Waals surface area contributed by atoms with Crippen molar-refractivity contribution in [2.45, 2.75) is 6.92 Å². The number of hydrogen-bond donors (Lipinski definition) is 1. The van der Waals surface area contributed by atoms with Crippen molar-refractivity contribution in [3.8, 4) is 0 Å². The maximum absolute atomic E-state index is 12.0. The summed E-state index contributed by atoms with van der Waals surface area (Å²) < 4.78 is 0.959. The summed E-state index contributed by atoms with van der Waals surface area (Å²) >= 11 is 3.37. The molecule has 17 heavy (non-hydrogen) atoms. The van der Waals surface area contributed by atoms with Gasteiger partial charge in [-0.1, -0.05) is 15.9 Å². The molecule has 1 heterocycles. The number of carbonyl (C=O) groups excluding carboxylic acids is 1. The summed E-state index contributed by atoms with van der Waals surface area (Å²) in [6.07, 6.45) is 0. The van der Waals surface area contributed by atoms with Gasteiger partial charge in [-0.3, -0.25) is 9.59 Å². The van der Waals surface area contributed by atoms with Crippen LogP contribution in [0, 0.1) is 12.8 Å². The van der Waals surface area contributed by atoms with E-state index < -0.39 is 11.9 Å². The molecule has 0 aromatic heterocycles. The number of aliphatic carboxylic acids is 1. The summed E-state index contributed by atoms with van der Waals surface area (Å²) in [4.78, 5) is 24.2. The Morgan fingerprint density at radius 1 is 1.41 bits per heavy atom. The van der Waals surface area contributed by atoms with Crippen LogP contribution in [0.15, 0.2) is 22.7 Å². The second-order valence-electron chi connectivity index (χ2n) is 4.21. The van der Waals surface area contributed by atoms with Gasteiger partial charge in [0.15, 0.2) is 0 Å². The molecule has 2 rings (SSSR count). The number of nitrogens with zero attached hydrogens (tertiary/aromatic N) is 1. The molecule has 1 aromatic carbocycles. The number of rotatable bonds is 2. The highest BCUT2D eigenvalue weighted by atomic mass is 79.9. The molecule has 0 bridgehead atoms. The summed E-state index contributed by atoms with van der Waals surface area (Å²) in [5.74, 6) is -1.34. The number of hydrogen-bond acceptors (Lipinski definition) is 2. The molecule has 0 atom stereocenters. The standard InChI is InChI=1S/C12H12BrNO3/c1-7-4-8(2-3-10(7)13)11(15)14-5-9(6-14)12(16)17/h2-4,9H,5-6H2,1H3,(H,16,17). The average Bonchev–Trinajstić information content (AvgIpc) is 2.19. The fourth-order valence-electron chi connectivity index (χ4n) is 1.76. The fraction of sp³-hybridized carbons (Fsp3) is 0.333. The van der Waals surface area contributed by atoms with Crippen LogP contribution >= 0.6 is 15.9 Å². The third-order valence-corrected chi connectivity index (χ3v) is 3.81. The molecular formula is C12H12BrNO3. The molecule has 1 aliphatic heterocycles. The monoisotopic (exact) mass is 297 g/mol. The topological polar surface area (TPSA) is 57.6 Å². The van der Waals surface area contributed by atoms with Crippen molar-refractivity contribution >= 4 is 27.8 Å². The largest absolute Gasteiger partial charge is 0.481 e. The van der Waals surface area contributed by atoms with Gasteiger partial charge in [-0.05, 0) is 30.7 Å². The van der Waals surface area contributed by atoms with Crippen LogP contribution in [-0.4, -0.2) is 35.0 Å². The van der Waals surface area contributed by atoms with Crippen LogP contribution in [0.25, 0.3) is 0 Å². The average molecular weight is 298 g/mol. The van der Waals surface area contributed by atoms with Crippen molar-refractivity contribution in [1.82, 2.24) is 4.90 Å². The van der Waals surface area contributed by atoms with Gasteiger partial charge in [0, 0.05) is 23.1 Å². The Hall–Kier alpha value is -1.36. The van der Waals surface area contributed by atoms with Gasteiger partial charge in [0.2, 0.25) is 0 Å². The van der Waals surface area contributed by atoms with E-state index in [1.807, 2.05) is 13.0 Å². The molecule has 0 saturated carbocycles. The van der Waals surface area contributed by atoms with Crippen LogP contribution in [-0.2, 0) is 4.79 Å². The molecule has 4 nitrogen and oxygen atoms in total. The van der Waals surface area contributed by atoms with E-state index in [1.54, 1.807) is 17.0 Å². The van der Waals surface area contributed by atoms with Gasteiger partial charge in [-0.15, -0.1) is 0 Å². The minimum absolute atomic E-state index is 0.0990. The summed E-state index contributed by atoms with van der Waals surface area (Å²) in [5, 5.41) is 8.74. The summed E-state index contributed by atoms with van der Waals surface area (Å²) in [6.45, 7) is 2.53. The third-order valence-electron chi connectivity index (χ3n) is 2.92. The number of amides is 1. The lowest BCUT2D eigenvalue weighted by Crippen LogP contribution is -2.53. The molecule has 0 radical (unpaired) electrons. The van der Waals surface area contributed by atoms with E-state index in [-0.39, 0.29) is 5.91 Å². The van der Waals surface area contributed by atoms with Crippen LogP contribution in [0.2, 0.25) is 0 Å². The smallest absolute Gasteiger partial charge is 0.310 e. The molecule has 90 valence electrons. The summed E-state index contributed by atoms with van der Waals surface area (Å²) in [5.41, 5.74) is 1.60. The van der Waals surface area contributed by atoms with Crippen molar-refractivity contribution in [3.63, 3.8) is 0 Å². The second-order valence-corrected chi connectivity index (χ2v) is 5.06. The second kappa shape index (κ2) is 4.49. The summed E-state index contributed by atoms with van der Waals surface area (Å²) in [7, 11) is 0. The molecule has 1 aliphatic rings. The van der Waals surface area contributed by atoms with Crippen molar-refractivity contribution in [3.05, 3.63) is 33.8 Å². The highest BCUT2D eigenvalue weighted by Gasteiger charge is 2.35. The van der Waals surface area contributed by atoms with Gasteiger partial charge in [-0.25, -0.2) is 0 Å². The highest BCUT2D eigenvalue weighted by molar-refractivity contribution is 9.10. The van der Waals surface area contributed by atoms with E-state index in [2.05, 4.69) is 15.9 Å². The molecule has 0 aliphatic carbocycles. The van der Waals surface area contributed by atoms with Gasteiger partial charge in [-0.2, -0.15) is 0 Å². The number of carboxylic acids is 1. The molecular weight excluding hydrogens is 286 g/mol. The Bertz CT molecular complexity index is 481. The first kappa shape index (κ1) is 12.1. The van der Waals surface area contributed by atoms with Gasteiger partial charge in [0.1, 0.15) is 0 Å².